The number of sulfonamides is 1. The highest BCUT2D eigenvalue weighted by molar-refractivity contribution is 7.89. The van der Waals surface area contributed by atoms with Crippen molar-refractivity contribution < 1.29 is 17.6 Å². The van der Waals surface area contributed by atoms with Crippen LogP contribution >= 0.6 is 0 Å². The van der Waals surface area contributed by atoms with Crippen LogP contribution in [0.5, 0.6) is 0 Å². The third-order valence-electron chi connectivity index (χ3n) is 2.12. The molecule has 0 aliphatic heterocycles. The molecule has 1 aromatic rings. The van der Waals surface area contributed by atoms with Gasteiger partial charge >= 0.3 is 0 Å². The fraction of sp³-hybridized carbons (Fsp3) is 0.333. The average Bonchev–Trinajstić information content (AvgIpc) is 2.21. The fourth-order valence-corrected chi connectivity index (χ4v) is 2.33. The lowest BCUT2D eigenvalue weighted by atomic mass is 10.2. The van der Waals surface area contributed by atoms with E-state index < -0.39 is 20.7 Å². The molecule has 5 nitrogen and oxygen atoms in total. The van der Waals surface area contributed by atoms with Crippen LogP contribution in [0.1, 0.15) is 5.56 Å². The van der Waals surface area contributed by atoms with E-state index in [0.29, 0.717) is 4.47 Å². The molecule has 0 bridgehead atoms. The lowest BCUT2D eigenvalue weighted by molar-refractivity contribution is -0.0260. The summed E-state index contributed by atoms with van der Waals surface area (Å²) >= 11 is 0. The van der Waals surface area contributed by atoms with Gasteiger partial charge in [-0.2, -0.15) is 0 Å². The van der Waals surface area contributed by atoms with Crippen molar-refractivity contribution in [2.75, 3.05) is 19.9 Å². The first kappa shape index (κ1) is 12.9. The van der Waals surface area contributed by atoms with Gasteiger partial charge in [0.1, 0.15) is 10.7 Å². The summed E-state index contributed by atoms with van der Waals surface area (Å²) in [5, 5.41) is 0. The number of rotatable bonds is 3. The molecule has 0 heterocycles. The summed E-state index contributed by atoms with van der Waals surface area (Å²) in [7, 11) is -1.66. The molecule has 0 aliphatic carbocycles. The maximum atomic E-state index is 13.7. The monoisotopic (exact) mass is 248 g/mol. The molecule has 0 aromatic heterocycles. The second-order valence-electron chi connectivity index (χ2n) is 3.25. The van der Waals surface area contributed by atoms with Gasteiger partial charge in [0.25, 0.3) is 10.0 Å². The van der Waals surface area contributed by atoms with Crippen molar-refractivity contribution in [1.82, 2.24) is 4.47 Å². The van der Waals surface area contributed by atoms with Crippen LogP contribution in [0.3, 0.4) is 0 Å². The van der Waals surface area contributed by atoms with Gasteiger partial charge in [0.05, 0.1) is 7.11 Å². The van der Waals surface area contributed by atoms with Crippen LogP contribution in [0, 0.1) is 12.7 Å². The number of hydroxylamine groups is 1. The lowest BCUT2D eigenvalue weighted by Crippen LogP contribution is -2.26. The molecule has 2 N–H and O–H groups in total. The van der Waals surface area contributed by atoms with E-state index in [9.17, 15) is 12.8 Å². The molecule has 0 saturated heterocycles. The quantitative estimate of drug-likeness (QED) is 0.637. The van der Waals surface area contributed by atoms with Gasteiger partial charge in [-0.15, -0.1) is 0 Å². The van der Waals surface area contributed by atoms with E-state index in [0.717, 1.165) is 6.07 Å². The zero-order valence-corrected chi connectivity index (χ0v) is 10.0. The number of aryl methyl sites for hydroxylation is 1. The highest BCUT2D eigenvalue weighted by Crippen LogP contribution is 2.23. The summed E-state index contributed by atoms with van der Waals surface area (Å²) < 4.78 is 37.8. The van der Waals surface area contributed by atoms with Crippen molar-refractivity contribution in [2.45, 2.75) is 11.8 Å². The molecule has 1 aromatic carbocycles. The van der Waals surface area contributed by atoms with Crippen LogP contribution in [0.2, 0.25) is 0 Å². The Morgan fingerprint density at radius 2 is 2.00 bits per heavy atom. The summed E-state index contributed by atoms with van der Waals surface area (Å²) in [5.74, 6) is -0.821. The zero-order chi connectivity index (χ0) is 12.5. The maximum Gasteiger partial charge on any atom is 0.267 e. The van der Waals surface area contributed by atoms with Crippen LogP contribution in [0.15, 0.2) is 17.0 Å². The van der Waals surface area contributed by atoms with Gasteiger partial charge in [0.15, 0.2) is 0 Å². The molecule has 7 heteroatoms. The largest absolute Gasteiger partial charge is 0.399 e. The minimum Gasteiger partial charge on any atom is -0.399 e. The first-order valence-corrected chi connectivity index (χ1v) is 5.83. The molecule has 0 unspecified atom stereocenters. The van der Waals surface area contributed by atoms with Crippen molar-refractivity contribution >= 4 is 15.7 Å². The molecule has 0 radical (unpaired) electrons. The second kappa shape index (κ2) is 4.36. The summed E-state index contributed by atoms with van der Waals surface area (Å²) in [6.07, 6.45) is 0. The van der Waals surface area contributed by atoms with Crippen molar-refractivity contribution in [1.29, 1.82) is 0 Å². The molecule has 1 rings (SSSR count). The standard InChI is InChI=1S/C9H13FN2O3S/c1-6-4-7(11)5-8(9(6)10)16(13,14)12(2)15-3/h4-5H,11H2,1-3H3. The normalized spacial score (nSPS) is 12.1. The first-order chi connectivity index (χ1) is 7.30. The van der Waals surface area contributed by atoms with Gasteiger partial charge in [-0.1, -0.05) is 4.47 Å². The van der Waals surface area contributed by atoms with Crippen molar-refractivity contribution in [3.05, 3.63) is 23.5 Å². The number of hydrogen-bond acceptors (Lipinski definition) is 4. The van der Waals surface area contributed by atoms with Gasteiger partial charge in [-0.25, -0.2) is 12.8 Å². The van der Waals surface area contributed by atoms with Crippen molar-refractivity contribution in [3.63, 3.8) is 0 Å². The Labute approximate surface area is 93.6 Å². The molecule has 90 valence electrons. The summed E-state index contributed by atoms with van der Waals surface area (Å²) in [6.45, 7) is 1.44. The number of nitrogen functional groups attached to an aromatic ring is 1. The van der Waals surface area contributed by atoms with Crippen LogP contribution in [0.25, 0.3) is 0 Å². The fourth-order valence-electron chi connectivity index (χ4n) is 1.19. The van der Waals surface area contributed by atoms with E-state index in [1.54, 1.807) is 0 Å². The molecule has 0 fully saturated rings. The van der Waals surface area contributed by atoms with Gasteiger partial charge in [0, 0.05) is 12.7 Å². The van der Waals surface area contributed by atoms with Gasteiger partial charge in [-0.3, -0.25) is 4.84 Å². The molecule has 0 aliphatic rings. The van der Waals surface area contributed by atoms with E-state index in [-0.39, 0.29) is 11.3 Å². The van der Waals surface area contributed by atoms with Crippen LogP contribution < -0.4 is 5.73 Å². The predicted octanol–water partition coefficient (Wildman–Crippen LogP) is 0.898. The van der Waals surface area contributed by atoms with Crippen molar-refractivity contribution in [2.24, 2.45) is 0 Å². The Hall–Kier alpha value is -1.18. The molecule has 16 heavy (non-hydrogen) atoms. The molecule has 0 saturated carbocycles. The molecule has 0 amide bonds. The SMILES string of the molecule is CON(C)S(=O)(=O)c1cc(N)cc(C)c1F. The minimum atomic E-state index is -4.01. The van der Waals surface area contributed by atoms with Crippen LogP contribution in [-0.2, 0) is 14.9 Å². The molecular formula is C9H13FN2O3S. The smallest absolute Gasteiger partial charge is 0.267 e. The number of hydrogen-bond donors (Lipinski definition) is 1. The third kappa shape index (κ3) is 2.16. The maximum absolute atomic E-state index is 13.7. The first-order valence-electron chi connectivity index (χ1n) is 4.39. The number of nitrogens with zero attached hydrogens (tertiary/aromatic N) is 1. The molecular weight excluding hydrogens is 235 g/mol. The number of halogens is 1. The van der Waals surface area contributed by atoms with E-state index in [1.165, 1.54) is 27.1 Å². The highest BCUT2D eigenvalue weighted by Gasteiger charge is 2.26. The lowest BCUT2D eigenvalue weighted by Gasteiger charge is -2.15. The number of nitrogens with two attached hydrogens (primary N) is 1. The number of anilines is 1. The van der Waals surface area contributed by atoms with E-state index >= 15 is 0 Å². The molecule has 0 atom stereocenters. The van der Waals surface area contributed by atoms with Gasteiger partial charge < -0.3 is 5.73 Å². The number of benzene rings is 1. The zero-order valence-electron chi connectivity index (χ0n) is 9.19. The summed E-state index contributed by atoms with van der Waals surface area (Å²) in [6, 6.07) is 2.42. The van der Waals surface area contributed by atoms with E-state index in [1.807, 2.05) is 0 Å². The minimum absolute atomic E-state index is 0.170. The van der Waals surface area contributed by atoms with Crippen LogP contribution in [0.4, 0.5) is 10.1 Å². The van der Waals surface area contributed by atoms with Gasteiger partial charge in [-0.05, 0) is 24.6 Å². The Balaban J connectivity index is 3.45. The van der Waals surface area contributed by atoms with Gasteiger partial charge in [0.2, 0.25) is 0 Å². The Morgan fingerprint density at radius 3 is 2.50 bits per heavy atom. The Kier molecular flexibility index (Phi) is 3.51. The second-order valence-corrected chi connectivity index (χ2v) is 5.15. The van der Waals surface area contributed by atoms with E-state index in [4.69, 9.17) is 5.73 Å². The van der Waals surface area contributed by atoms with E-state index in [2.05, 4.69) is 4.84 Å². The molecule has 0 spiro atoms. The van der Waals surface area contributed by atoms with Crippen molar-refractivity contribution in [3.8, 4) is 0 Å². The average molecular weight is 248 g/mol. The summed E-state index contributed by atoms with van der Waals surface area (Å²) in [4.78, 5) is 4.05. The Morgan fingerprint density at radius 1 is 1.44 bits per heavy atom. The Bertz CT molecular complexity index is 502. The predicted molar refractivity (Wildman–Crippen MR) is 57.5 cm³/mol. The van der Waals surface area contributed by atoms with Crippen LogP contribution in [-0.4, -0.2) is 27.0 Å². The topological polar surface area (TPSA) is 72.6 Å². The highest BCUT2D eigenvalue weighted by atomic mass is 32.2. The summed E-state index contributed by atoms with van der Waals surface area (Å²) in [5.41, 5.74) is 5.83. The third-order valence-corrected chi connectivity index (χ3v) is 3.80.